The number of unbranched alkanes of at least 4 members (excludes halogenated alkanes) is 22. The molecular formula is C92H145N3O12. The Labute approximate surface area is 648 Å². The molecule has 3 aliphatic rings. The van der Waals surface area contributed by atoms with Crippen molar-refractivity contribution in [1.82, 2.24) is 15.1 Å². The van der Waals surface area contributed by atoms with Gasteiger partial charge in [0, 0.05) is 81.5 Å². The van der Waals surface area contributed by atoms with Crippen LogP contribution in [0.4, 0.5) is 0 Å². The molecule has 3 aromatic carbocycles. The van der Waals surface area contributed by atoms with Crippen molar-refractivity contribution in [3.8, 4) is 17.2 Å². The van der Waals surface area contributed by atoms with Gasteiger partial charge in [-0.2, -0.15) is 0 Å². The number of hydrogen-bond donors (Lipinski definition) is 1. The molecule has 0 aromatic heterocycles. The second-order valence-corrected chi connectivity index (χ2v) is 32.0. The molecule has 3 amide bonds. The molecule has 0 spiro atoms. The Hall–Kier alpha value is -6.90. The third kappa shape index (κ3) is 39.9. The molecule has 0 radical (unpaired) electrons. The van der Waals surface area contributed by atoms with Gasteiger partial charge in [0.15, 0.2) is 0 Å². The summed E-state index contributed by atoms with van der Waals surface area (Å²) >= 11 is 0. The molecule has 107 heavy (non-hydrogen) atoms. The first-order valence-electron chi connectivity index (χ1n) is 42.3. The number of ether oxygens (including phenoxy) is 6. The van der Waals surface area contributed by atoms with Gasteiger partial charge in [-0.15, -0.1) is 0 Å². The average Bonchev–Trinajstić information content (AvgIpc) is 0.862. The fraction of sp³-hybridized carbons (Fsp3) is 0.674. The number of hydrogen-bond acceptors (Lipinski definition) is 12. The smallest absolute Gasteiger partial charge is 0.331 e. The normalized spacial score (nSPS) is 16.0. The van der Waals surface area contributed by atoms with Gasteiger partial charge in [-0.25, -0.2) is 4.79 Å². The van der Waals surface area contributed by atoms with Gasteiger partial charge in [0.2, 0.25) is 17.7 Å². The standard InChI is InChI=1S/C34H55NO4.C32H51NO4.C26H39NO4/c1-5-7-8-9-10-11-12-13-14-15-16-17-28-38-30-21-18-29(19-22-30)20-23-32(36)35-26-24-31(25-27-35)39-33(37)34(3,4)6-2;1-5-7-8-9-10-11-12-13-14-15-26-36-28-19-16-27(17-20-28)18-21-30(34)33-24-22-29(23-25-33)37-31(35)32(3,4)6-2;1-5-7-8-19-30-22-14-9-20(10-15-22)11-18-24(28)31-23-16-12-21(13-17-23)27-25(29)26(3,4)6-2/h18-23,31H,5-17,24-28H2,1-4H3;16-21,29H,5-15,22-26H2,1-4H3;9-11,14-15,18,21,23H,5-8,12-13,16-17,19H2,1-4H3,(H,27,29)/b23-20+;21-18+;18-11+. The van der Waals surface area contributed by atoms with Gasteiger partial charge in [0.1, 0.15) is 35.6 Å². The van der Waals surface area contributed by atoms with E-state index in [9.17, 15) is 28.8 Å². The molecule has 2 heterocycles. The van der Waals surface area contributed by atoms with Crippen molar-refractivity contribution in [2.75, 3.05) is 46.0 Å². The number of benzene rings is 3. The summed E-state index contributed by atoms with van der Waals surface area (Å²) in [5.74, 6) is 2.11. The number of likely N-dealkylation sites (tertiary alicyclic amines) is 2. The van der Waals surface area contributed by atoms with Crippen molar-refractivity contribution in [3.05, 3.63) is 108 Å². The molecule has 2 aliphatic heterocycles. The number of amides is 3. The second kappa shape index (κ2) is 53.8. The van der Waals surface area contributed by atoms with Crippen molar-refractivity contribution in [1.29, 1.82) is 0 Å². The number of esters is 3. The van der Waals surface area contributed by atoms with Crippen LogP contribution in [0.5, 0.6) is 17.2 Å². The van der Waals surface area contributed by atoms with Crippen LogP contribution in [-0.4, -0.2) is 116 Å². The van der Waals surface area contributed by atoms with Crippen molar-refractivity contribution in [2.45, 2.75) is 339 Å². The Morgan fingerprint density at radius 2 is 0.636 bits per heavy atom. The van der Waals surface area contributed by atoms with Crippen molar-refractivity contribution < 1.29 is 57.2 Å². The molecule has 6 rings (SSSR count). The van der Waals surface area contributed by atoms with Crippen LogP contribution < -0.4 is 19.5 Å². The second-order valence-electron chi connectivity index (χ2n) is 32.0. The van der Waals surface area contributed by atoms with Gasteiger partial charge >= 0.3 is 17.9 Å². The Balaban J connectivity index is 0.000000341. The number of carbonyl (C=O) groups excluding carboxylic acids is 6. The third-order valence-electron chi connectivity index (χ3n) is 21.7. The van der Waals surface area contributed by atoms with Gasteiger partial charge in [-0.3, -0.25) is 24.0 Å². The lowest BCUT2D eigenvalue weighted by molar-refractivity contribution is -0.163. The lowest BCUT2D eigenvalue weighted by Gasteiger charge is -2.33. The molecule has 0 bridgehead atoms. The first-order chi connectivity index (χ1) is 51.5. The lowest BCUT2D eigenvalue weighted by Crippen LogP contribution is -2.45. The van der Waals surface area contributed by atoms with Gasteiger partial charge in [0.05, 0.1) is 30.7 Å². The zero-order valence-electron chi connectivity index (χ0n) is 68.9. The Morgan fingerprint density at radius 1 is 0.355 bits per heavy atom. The van der Waals surface area contributed by atoms with E-state index in [-0.39, 0.29) is 65.4 Å². The van der Waals surface area contributed by atoms with E-state index >= 15 is 0 Å². The molecule has 3 aromatic rings. The quantitative estimate of drug-likeness (QED) is 0.0245. The number of carbonyl (C=O) groups is 6. The molecule has 1 N–H and O–H groups in total. The van der Waals surface area contributed by atoms with E-state index in [0.29, 0.717) is 51.9 Å². The minimum Gasteiger partial charge on any atom is -0.494 e. The van der Waals surface area contributed by atoms with Crippen LogP contribution in [0.15, 0.2) is 91.0 Å². The minimum absolute atomic E-state index is 0.0000458. The first kappa shape index (κ1) is 92.5. The molecule has 0 atom stereocenters. The zero-order valence-corrected chi connectivity index (χ0v) is 68.9. The van der Waals surface area contributed by atoms with Crippen molar-refractivity contribution >= 4 is 53.9 Å². The molecule has 2 saturated heterocycles. The molecule has 1 saturated carbocycles. The number of nitrogens with one attached hydrogen (secondary N) is 1. The molecule has 15 nitrogen and oxygen atoms in total. The van der Waals surface area contributed by atoms with Crippen LogP contribution in [0.3, 0.4) is 0 Å². The third-order valence-corrected chi connectivity index (χ3v) is 21.7. The lowest BCUT2D eigenvalue weighted by atomic mass is 9.87. The molecule has 0 unspecified atom stereocenters. The van der Waals surface area contributed by atoms with E-state index in [1.165, 1.54) is 147 Å². The maximum Gasteiger partial charge on any atom is 0.331 e. The summed E-state index contributed by atoms with van der Waals surface area (Å²) in [6.45, 7) is 29.0. The SMILES string of the molecule is CCCCCCCCCCCCCCOc1ccc(/C=C/C(=O)N2CCC(OC(=O)C(C)(C)CC)CC2)cc1.CCCCCCCCCCCCOc1ccc(/C=C/C(=O)N2CCC(OC(=O)C(C)(C)CC)CC2)cc1.CCCCCOc1ccc(/C=C/C(=O)OC2CCC(NC(=O)C(C)(C)CC)CC2)cc1. The molecule has 1 aliphatic carbocycles. The first-order valence-corrected chi connectivity index (χ1v) is 42.3. The topological polar surface area (TPSA) is 176 Å². The van der Waals surface area contributed by atoms with Crippen LogP contribution in [0.2, 0.25) is 0 Å². The van der Waals surface area contributed by atoms with Gasteiger partial charge in [-0.1, -0.05) is 233 Å². The number of piperidine rings is 2. The van der Waals surface area contributed by atoms with Crippen LogP contribution in [0.25, 0.3) is 18.2 Å². The summed E-state index contributed by atoms with van der Waals surface area (Å²) in [7, 11) is 0. The fourth-order valence-corrected chi connectivity index (χ4v) is 12.6. The summed E-state index contributed by atoms with van der Waals surface area (Å²) in [6.07, 6.45) is 51.0. The summed E-state index contributed by atoms with van der Waals surface area (Å²) in [5.41, 5.74) is 1.64. The number of nitrogens with zero attached hydrogens (tertiary/aromatic N) is 2. The fourth-order valence-electron chi connectivity index (χ4n) is 12.6. The summed E-state index contributed by atoms with van der Waals surface area (Å²) in [4.78, 5) is 78.0. The van der Waals surface area contributed by atoms with Crippen molar-refractivity contribution in [2.24, 2.45) is 16.2 Å². The Morgan fingerprint density at radius 3 is 0.953 bits per heavy atom. The molecule has 600 valence electrons. The average molecular weight is 1490 g/mol. The van der Waals surface area contributed by atoms with E-state index in [1.807, 2.05) is 157 Å². The summed E-state index contributed by atoms with van der Waals surface area (Å²) < 4.78 is 34.5. The van der Waals surface area contributed by atoms with E-state index < -0.39 is 10.8 Å². The maximum absolute atomic E-state index is 12.6. The number of rotatable bonds is 47. The van der Waals surface area contributed by atoms with Crippen molar-refractivity contribution in [3.63, 3.8) is 0 Å². The Bertz CT molecular complexity index is 3000. The molecule has 15 heteroatoms. The van der Waals surface area contributed by atoms with Gasteiger partial charge in [-0.05, 0) is 163 Å². The minimum atomic E-state index is -0.456. The summed E-state index contributed by atoms with van der Waals surface area (Å²) in [5, 5.41) is 3.15. The van der Waals surface area contributed by atoms with Crippen LogP contribution in [0.1, 0.15) is 331 Å². The predicted octanol–water partition coefficient (Wildman–Crippen LogP) is 22.4. The largest absolute Gasteiger partial charge is 0.494 e. The maximum atomic E-state index is 12.6. The van der Waals surface area contributed by atoms with Gasteiger partial charge in [0.25, 0.3) is 0 Å². The highest BCUT2D eigenvalue weighted by atomic mass is 16.6. The van der Waals surface area contributed by atoms with Gasteiger partial charge < -0.3 is 43.5 Å². The van der Waals surface area contributed by atoms with Crippen LogP contribution in [-0.2, 0) is 43.0 Å². The zero-order chi connectivity index (χ0) is 78.0. The monoisotopic (exact) mass is 1480 g/mol. The van der Waals surface area contributed by atoms with Crippen LogP contribution >= 0.6 is 0 Å². The van der Waals surface area contributed by atoms with E-state index in [0.717, 1.165) is 118 Å². The van der Waals surface area contributed by atoms with Crippen LogP contribution in [0, 0.1) is 16.2 Å². The highest BCUT2D eigenvalue weighted by Crippen LogP contribution is 2.29. The molecule has 3 fully saturated rings. The molecular weight excluding hydrogens is 1340 g/mol. The van der Waals surface area contributed by atoms with E-state index in [2.05, 4.69) is 26.1 Å². The highest BCUT2D eigenvalue weighted by molar-refractivity contribution is 5.92. The van der Waals surface area contributed by atoms with E-state index in [4.69, 9.17) is 28.4 Å². The van der Waals surface area contributed by atoms with E-state index in [1.54, 1.807) is 18.2 Å². The Kier molecular flexibility index (Phi) is 46.5. The predicted molar refractivity (Wildman–Crippen MR) is 439 cm³/mol. The highest BCUT2D eigenvalue weighted by Gasteiger charge is 2.34. The summed E-state index contributed by atoms with van der Waals surface area (Å²) in [6, 6.07) is 23.7.